The Hall–Kier alpha value is -0.896. The summed E-state index contributed by atoms with van der Waals surface area (Å²) in [6.07, 6.45) is -0.379. The molecule has 0 amide bonds. The van der Waals surface area contributed by atoms with E-state index in [0.29, 0.717) is 13.2 Å². The van der Waals surface area contributed by atoms with Gasteiger partial charge in [0, 0.05) is 0 Å². The molecule has 1 aromatic heterocycles. The highest BCUT2D eigenvalue weighted by Crippen LogP contribution is 2.38. The summed E-state index contributed by atoms with van der Waals surface area (Å²) < 4.78 is 20.1. The minimum absolute atomic E-state index is 0.102. The number of ether oxygens (including phenoxy) is 1. The van der Waals surface area contributed by atoms with Crippen LogP contribution in [0.5, 0.6) is 0 Å². The molecule has 0 bridgehead atoms. The van der Waals surface area contributed by atoms with Crippen LogP contribution in [-0.2, 0) is 26.8 Å². The van der Waals surface area contributed by atoms with E-state index in [9.17, 15) is 4.79 Å². The van der Waals surface area contributed by atoms with Gasteiger partial charge in [-0.2, -0.15) is 0 Å². The molecule has 0 atom stereocenters. The molecule has 0 saturated carbocycles. The maximum Gasteiger partial charge on any atom is 0.419 e. The van der Waals surface area contributed by atoms with E-state index in [4.69, 9.17) is 13.6 Å². The number of carbonyl (C=O) groups excluding carboxylic acids is 1. The maximum atomic E-state index is 13.1. The molecule has 174 valence electrons. The summed E-state index contributed by atoms with van der Waals surface area (Å²) in [5, 5.41) is 0.204. The fourth-order valence-electron chi connectivity index (χ4n) is 2.24. The van der Waals surface area contributed by atoms with Gasteiger partial charge in [-0.3, -0.25) is 0 Å². The Kier molecular flexibility index (Phi) is 8.07. The maximum absolute atomic E-state index is 13.1. The Morgan fingerprint density at radius 1 is 0.767 bits per heavy atom. The van der Waals surface area contributed by atoms with Crippen LogP contribution in [-0.4, -0.2) is 32.9 Å². The average molecular weight is 456 g/mol. The minimum Gasteiger partial charge on any atom is -0.443 e. The van der Waals surface area contributed by atoms with Gasteiger partial charge < -0.3 is 13.6 Å². The van der Waals surface area contributed by atoms with E-state index < -0.39 is 22.2 Å². The summed E-state index contributed by atoms with van der Waals surface area (Å²) in [6, 6.07) is 3.92. The van der Waals surface area contributed by atoms with Crippen molar-refractivity contribution in [3.05, 3.63) is 23.5 Å². The molecule has 0 unspecified atom stereocenters. The molecule has 30 heavy (non-hydrogen) atoms. The van der Waals surface area contributed by atoms with Crippen molar-refractivity contribution >= 4 is 22.7 Å². The molecule has 0 radical (unpaired) electrons. The van der Waals surface area contributed by atoms with Crippen LogP contribution in [0.15, 0.2) is 12.1 Å². The Morgan fingerprint density at radius 3 is 1.37 bits per heavy atom. The van der Waals surface area contributed by atoms with Gasteiger partial charge in [-0.05, 0) is 69.2 Å². The average Bonchev–Trinajstić information content (AvgIpc) is 2.90. The highest BCUT2D eigenvalue weighted by atomic mass is 28.4. The van der Waals surface area contributed by atoms with E-state index in [1.54, 1.807) is 4.57 Å². The van der Waals surface area contributed by atoms with E-state index >= 15 is 0 Å². The molecule has 0 aliphatic heterocycles. The predicted octanol–water partition coefficient (Wildman–Crippen LogP) is 7.31. The zero-order valence-electron chi connectivity index (χ0n) is 21.6. The van der Waals surface area contributed by atoms with Crippen molar-refractivity contribution in [3.63, 3.8) is 0 Å². The summed E-state index contributed by atoms with van der Waals surface area (Å²) in [7, 11) is -3.89. The summed E-state index contributed by atoms with van der Waals surface area (Å²) in [4.78, 5) is 13.1. The van der Waals surface area contributed by atoms with Gasteiger partial charge >= 0.3 is 6.09 Å². The number of hydrogen-bond acceptors (Lipinski definition) is 4. The lowest BCUT2D eigenvalue weighted by atomic mass is 10.2. The molecule has 0 fully saturated rings. The molecule has 0 saturated heterocycles. The number of hydrogen-bond donors (Lipinski definition) is 0. The summed E-state index contributed by atoms with van der Waals surface area (Å²) >= 11 is 0. The van der Waals surface area contributed by atoms with E-state index in [1.165, 1.54) is 0 Å². The SMILES string of the molecule is CC(C)(C)OC(=O)n1c(CO[Si](C)(C)C(C)(C)C)ccc1CO[Si](C)(C)C(C)(C)C. The van der Waals surface area contributed by atoms with Crippen LogP contribution in [0.4, 0.5) is 4.79 Å². The van der Waals surface area contributed by atoms with Crippen LogP contribution >= 0.6 is 0 Å². The van der Waals surface area contributed by atoms with Gasteiger partial charge in [0.2, 0.25) is 0 Å². The largest absolute Gasteiger partial charge is 0.443 e. The van der Waals surface area contributed by atoms with Gasteiger partial charge in [-0.25, -0.2) is 9.36 Å². The zero-order chi connectivity index (χ0) is 23.8. The summed E-state index contributed by atoms with van der Waals surface area (Å²) in [5.74, 6) is 0. The van der Waals surface area contributed by atoms with Crippen LogP contribution in [0, 0.1) is 0 Å². The van der Waals surface area contributed by atoms with E-state index in [-0.39, 0.29) is 16.2 Å². The first-order valence-electron chi connectivity index (χ1n) is 10.9. The quantitative estimate of drug-likeness (QED) is 0.422. The fourth-order valence-corrected chi connectivity index (χ4v) is 4.12. The second-order valence-electron chi connectivity index (χ2n) is 12.2. The smallest absolute Gasteiger partial charge is 0.419 e. The lowest BCUT2D eigenvalue weighted by Crippen LogP contribution is -2.41. The topological polar surface area (TPSA) is 49.7 Å². The monoisotopic (exact) mass is 455 g/mol. The molecule has 0 aliphatic rings. The van der Waals surface area contributed by atoms with Crippen molar-refractivity contribution in [3.8, 4) is 0 Å². The third kappa shape index (κ3) is 7.07. The van der Waals surface area contributed by atoms with Crippen LogP contribution in [0.25, 0.3) is 0 Å². The fraction of sp³-hybridized carbons (Fsp3) is 0.783. The lowest BCUT2D eigenvalue weighted by molar-refractivity contribution is 0.0515. The van der Waals surface area contributed by atoms with E-state index in [2.05, 4.69) is 67.7 Å². The highest BCUT2D eigenvalue weighted by molar-refractivity contribution is 6.74. The number of carbonyl (C=O) groups is 1. The molecule has 0 spiro atoms. The first kappa shape index (κ1) is 27.1. The summed E-state index contributed by atoms with van der Waals surface area (Å²) in [6.45, 7) is 28.6. The Labute approximate surface area is 186 Å². The second-order valence-corrected chi connectivity index (χ2v) is 21.8. The summed E-state index contributed by atoms with van der Waals surface area (Å²) in [5.41, 5.74) is 1.04. The molecule has 1 rings (SSSR count). The Bertz CT molecular complexity index is 684. The molecule has 1 heterocycles. The molecule has 5 nitrogen and oxygen atoms in total. The van der Waals surface area contributed by atoms with Crippen molar-refractivity contribution in [2.45, 2.75) is 117 Å². The van der Waals surface area contributed by atoms with Crippen LogP contribution in [0.3, 0.4) is 0 Å². The molecule has 0 N–H and O–H groups in total. The number of nitrogens with zero attached hydrogens (tertiary/aromatic N) is 1. The van der Waals surface area contributed by atoms with Gasteiger partial charge in [0.1, 0.15) is 5.60 Å². The Balaban J connectivity index is 3.20. The first-order chi connectivity index (χ1) is 13.2. The number of rotatable bonds is 6. The molecule has 1 aromatic rings. The van der Waals surface area contributed by atoms with E-state index in [0.717, 1.165) is 11.4 Å². The first-order valence-corrected chi connectivity index (χ1v) is 16.7. The highest BCUT2D eigenvalue weighted by Gasteiger charge is 2.39. The standard InChI is InChI=1S/C23H45NO4Si2/c1-21(2,3)28-20(25)24-18(16-26-29(10,11)22(4,5)6)14-15-19(24)17-27-30(12,13)23(7,8)9/h14-15H,16-17H2,1-13H3. The van der Waals surface area contributed by atoms with Gasteiger partial charge in [-0.15, -0.1) is 0 Å². The predicted molar refractivity (Wildman–Crippen MR) is 130 cm³/mol. The van der Waals surface area contributed by atoms with Gasteiger partial charge in [0.15, 0.2) is 16.6 Å². The van der Waals surface area contributed by atoms with Gasteiger partial charge in [-0.1, -0.05) is 41.5 Å². The molecule has 0 aromatic carbocycles. The third-order valence-corrected chi connectivity index (χ3v) is 15.3. The van der Waals surface area contributed by atoms with Gasteiger partial charge in [0.05, 0.1) is 24.6 Å². The third-order valence-electron chi connectivity index (χ3n) is 6.39. The van der Waals surface area contributed by atoms with Gasteiger partial charge in [0.25, 0.3) is 0 Å². The van der Waals surface area contributed by atoms with Crippen molar-refractivity contribution in [1.29, 1.82) is 0 Å². The molecule has 0 aliphatic carbocycles. The van der Waals surface area contributed by atoms with Crippen molar-refractivity contribution < 1.29 is 18.4 Å². The van der Waals surface area contributed by atoms with Crippen LogP contribution in [0.2, 0.25) is 36.3 Å². The van der Waals surface area contributed by atoms with Crippen molar-refractivity contribution in [2.24, 2.45) is 0 Å². The normalized spacial score (nSPS) is 14.2. The zero-order valence-corrected chi connectivity index (χ0v) is 23.6. The lowest BCUT2D eigenvalue weighted by Gasteiger charge is -2.36. The Morgan fingerprint density at radius 2 is 1.10 bits per heavy atom. The minimum atomic E-state index is -1.95. The van der Waals surface area contributed by atoms with Crippen LogP contribution < -0.4 is 0 Å². The van der Waals surface area contributed by atoms with E-state index in [1.807, 2.05) is 32.9 Å². The second kappa shape index (κ2) is 8.92. The number of aromatic nitrogens is 1. The molecular weight excluding hydrogens is 410 g/mol. The molecule has 7 heteroatoms. The molecular formula is C23H45NO4Si2. The van der Waals surface area contributed by atoms with Crippen molar-refractivity contribution in [2.75, 3.05) is 0 Å². The van der Waals surface area contributed by atoms with Crippen molar-refractivity contribution in [1.82, 2.24) is 4.57 Å². The van der Waals surface area contributed by atoms with Crippen LogP contribution in [0.1, 0.15) is 73.7 Å².